The lowest BCUT2D eigenvalue weighted by molar-refractivity contribution is -0.142. The molecule has 2 aromatic carbocycles. The topological polar surface area (TPSA) is 54.5 Å². The molecule has 0 spiro atoms. The Labute approximate surface area is 249 Å². The Balaban J connectivity index is 1.84. The zero-order valence-electron chi connectivity index (χ0n) is 24.0. The van der Waals surface area contributed by atoms with Crippen LogP contribution in [0.1, 0.15) is 56.3 Å². The van der Waals surface area contributed by atoms with E-state index in [9.17, 15) is 17.5 Å². The van der Waals surface area contributed by atoms with E-state index in [-0.39, 0.29) is 29.2 Å². The van der Waals surface area contributed by atoms with Crippen molar-refractivity contribution in [3.05, 3.63) is 76.3 Å². The number of aromatic nitrogens is 1. The first-order chi connectivity index (χ1) is 19.6. The largest absolute Gasteiger partial charge is 0.372 e. The number of nitrogens with zero attached hydrogens (tertiary/aromatic N) is 2. The van der Waals surface area contributed by atoms with E-state index in [2.05, 4.69) is 5.32 Å². The number of hydrogen-bond acceptors (Lipinski definition) is 6. The second-order valence-electron chi connectivity index (χ2n) is 11.5. The Morgan fingerprint density at radius 3 is 2.63 bits per heavy atom. The molecule has 3 atom stereocenters. The summed E-state index contributed by atoms with van der Waals surface area (Å²) in [5, 5.41) is 3.32. The lowest BCUT2D eigenvalue weighted by atomic mass is 9.82. The van der Waals surface area contributed by atoms with Gasteiger partial charge in [-0.25, -0.2) is 13.8 Å². The maximum absolute atomic E-state index is 14.9. The van der Waals surface area contributed by atoms with Gasteiger partial charge in [0.15, 0.2) is 0 Å². The van der Waals surface area contributed by atoms with Crippen LogP contribution in [-0.4, -0.2) is 53.9 Å². The summed E-state index contributed by atoms with van der Waals surface area (Å²) in [7, 11) is 0. The van der Waals surface area contributed by atoms with Crippen molar-refractivity contribution in [3.8, 4) is 10.6 Å². The average molecular weight is 606 g/mol. The van der Waals surface area contributed by atoms with E-state index < -0.39 is 23.1 Å². The van der Waals surface area contributed by atoms with Crippen molar-refractivity contribution < 1.29 is 22.2 Å². The fourth-order valence-electron chi connectivity index (χ4n) is 5.27. The summed E-state index contributed by atoms with van der Waals surface area (Å²) in [6, 6.07) is 12.7. The van der Waals surface area contributed by atoms with Gasteiger partial charge in [-0.3, -0.25) is 4.79 Å². The molecule has 1 aliphatic heterocycles. The minimum absolute atomic E-state index is 0.0845. The van der Waals surface area contributed by atoms with Crippen molar-refractivity contribution in [2.75, 3.05) is 32.8 Å². The van der Waals surface area contributed by atoms with E-state index in [0.717, 1.165) is 35.1 Å². The van der Waals surface area contributed by atoms with Crippen molar-refractivity contribution in [1.29, 1.82) is 0 Å². The number of halogens is 3. The zero-order chi connectivity index (χ0) is 29.6. The highest BCUT2D eigenvalue weighted by Crippen LogP contribution is 2.44. The Morgan fingerprint density at radius 1 is 1.20 bits per heavy atom. The number of rotatable bonds is 12. The highest BCUT2D eigenvalue weighted by Gasteiger charge is 2.41. The van der Waals surface area contributed by atoms with Gasteiger partial charge in [0.1, 0.15) is 23.2 Å². The van der Waals surface area contributed by atoms with Crippen LogP contribution < -0.4 is 5.32 Å². The summed E-state index contributed by atoms with van der Waals surface area (Å²) in [5.41, 5.74) is 1.27. The highest BCUT2D eigenvalue weighted by molar-refractivity contribution is 7.95. The number of thiazole rings is 1. The molecule has 1 fully saturated rings. The predicted molar refractivity (Wildman–Crippen MR) is 161 cm³/mol. The predicted octanol–water partition coefficient (Wildman–Crippen LogP) is 7.23. The standard InChI is InChI=1S/C31H38F3N3O2S2/c1-5-13-39-19-27(38)37(18-21-16-35-17-26(21)41-34)29(31(2,3)4)28-25(14-20-9-7-6-8-10-20)40-30(36-28)23-15-22(32)11-12-24(23)33/h6-12,15,21,26,29,35H,5,13-14,16-19H2,1-4H3. The molecule has 2 heterocycles. The fraction of sp³-hybridized carbons (Fsp3) is 0.484. The van der Waals surface area contributed by atoms with Crippen molar-refractivity contribution in [1.82, 2.24) is 15.2 Å². The molecule has 222 valence electrons. The molecule has 10 heteroatoms. The molecule has 0 bridgehead atoms. The summed E-state index contributed by atoms with van der Waals surface area (Å²) in [5.74, 6) is -1.43. The first kappa shape index (κ1) is 31.5. The molecule has 3 aromatic rings. The van der Waals surface area contributed by atoms with E-state index in [0.29, 0.717) is 55.5 Å². The van der Waals surface area contributed by atoms with Crippen LogP contribution in [0.2, 0.25) is 0 Å². The van der Waals surface area contributed by atoms with Gasteiger partial charge in [0.2, 0.25) is 5.91 Å². The molecule has 1 aliphatic rings. The van der Waals surface area contributed by atoms with Crippen molar-refractivity contribution in [2.24, 2.45) is 11.3 Å². The number of carbonyl (C=O) groups is 1. The van der Waals surface area contributed by atoms with Crippen LogP contribution in [0.3, 0.4) is 0 Å². The van der Waals surface area contributed by atoms with Crippen LogP contribution >= 0.6 is 23.5 Å². The van der Waals surface area contributed by atoms with Crippen LogP contribution in [0.5, 0.6) is 0 Å². The van der Waals surface area contributed by atoms with E-state index in [4.69, 9.17) is 9.72 Å². The van der Waals surface area contributed by atoms with Crippen molar-refractivity contribution >= 4 is 29.4 Å². The van der Waals surface area contributed by atoms with Crippen molar-refractivity contribution in [2.45, 2.75) is 51.8 Å². The Hall–Kier alpha value is -2.40. The summed E-state index contributed by atoms with van der Waals surface area (Å²) in [6.45, 7) is 9.87. The smallest absolute Gasteiger partial charge is 0.249 e. The van der Waals surface area contributed by atoms with Gasteiger partial charge in [-0.15, -0.1) is 11.3 Å². The maximum Gasteiger partial charge on any atom is 0.249 e. The third-order valence-corrected chi connectivity index (χ3v) is 9.09. The van der Waals surface area contributed by atoms with E-state index in [1.54, 1.807) is 4.90 Å². The molecule has 5 nitrogen and oxygen atoms in total. The Morgan fingerprint density at radius 2 is 1.95 bits per heavy atom. The maximum atomic E-state index is 14.9. The van der Waals surface area contributed by atoms with Crippen LogP contribution in [0.15, 0.2) is 48.5 Å². The lowest BCUT2D eigenvalue weighted by Crippen LogP contribution is -2.47. The Kier molecular flexibility index (Phi) is 10.9. The van der Waals surface area contributed by atoms with Gasteiger partial charge >= 0.3 is 0 Å². The molecule has 4 rings (SSSR count). The summed E-state index contributed by atoms with van der Waals surface area (Å²) < 4.78 is 48.7. The van der Waals surface area contributed by atoms with E-state index >= 15 is 0 Å². The van der Waals surface area contributed by atoms with E-state index in [1.165, 1.54) is 11.3 Å². The normalized spacial score (nSPS) is 18.0. The summed E-state index contributed by atoms with van der Waals surface area (Å²) in [6.07, 6.45) is 1.29. The molecular weight excluding hydrogens is 567 g/mol. The molecule has 0 saturated carbocycles. The molecule has 0 radical (unpaired) electrons. The van der Waals surface area contributed by atoms with Crippen LogP contribution in [0.25, 0.3) is 10.6 Å². The minimum atomic E-state index is -0.564. The molecule has 41 heavy (non-hydrogen) atoms. The first-order valence-electron chi connectivity index (χ1n) is 14.0. The molecule has 1 N–H and O–H groups in total. The van der Waals surface area contributed by atoms with Crippen LogP contribution in [0, 0.1) is 23.0 Å². The fourth-order valence-corrected chi connectivity index (χ4v) is 6.93. The van der Waals surface area contributed by atoms with Crippen LogP contribution in [0.4, 0.5) is 12.7 Å². The highest BCUT2D eigenvalue weighted by atomic mass is 32.2. The minimum Gasteiger partial charge on any atom is -0.372 e. The zero-order valence-corrected chi connectivity index (χ0v) is 25.6. The molecule has 3 unspecified atom stereocenters. The summed E-state index contributed by atoms with van der Waals surface area (Å²) >= 11 is 1.63. The molecule has 0 aliphatic carbocycles. The number of amides is 1. The summed E-state index contributed by atoms with van der Waals surface area (Å²) in [4.78, 5) is 21.4. The van der Waals surface area contributed by atoms with Gasteiger partial charge < -0.3 is 15.0 Å². The molecule has 1 saturated heterocycles. The van der Waals surface area contributed by atoms with Gasteiger partial charge in [0.05, 0.1) is 17.0 Å². The number of hydrogen-bond donors (Lipinski definition) is 1. The van der Waals surface area contributed by atoms with Gasteiger partial charge in [-0.1, -0.05) is 58.0 Å². The molecular formula is C31H38F3N3O2S2. The van der Waals surface area contributed by atoms with Gasteiger partial charge in [-0.05, 0) is 35.6 Å². The van der Waals surface area contributed by atoms with Crippen molar-refractivity contribution in [3.63, 3.8) is 0 Å². The van der Waals surface area contributed by atoms with Gasteiger partial charge in [-0.2, -0.15) is 3.89 Å². The third kappa shape index (κ3) is 7.91. The van der Waals surface area contributed by atoms with Gasteiger partial charge in [0, 0.05) is 61.2 Å². The SMILES string of the molecule is CCCOCC(=O)N(CC1CNCC1SF)C(c1nc(-c2cc(F)ccc2F)sc1Cc1ccccc1)C(C)(C)C. The van der Waals surface area contributed by atoms with Gasteiger partial charge in [0.25, 0.3) is 0 Å². The Bertz CT molecular complexity index is 1300. The second kappa shape index (κ2) is 14.2. The number of carbonyl (C=O) groups excluding carboxylic acids is 1. The first-order valence-corrected chi connectivity index (χ1v) is 15.6. The third-order valence-electron chi connectivity index (χ3n) is 7.20. The second-order valence-corrected chi connectivity index (χ2v) is 13.4. The number of ether oxygens (including phenoxy) is 1. The molecule has 1 amide bonds. The number of benzene rings is 2. The molecule has 1 aromatic heterocycles. The quantitative estimate of drug-likeness (QED) is 0.221. The number of nitrogens with one attached hydrogen (secondary N) is 1. The lowest BCUT2D eigenvalue weighted by Gasteiger charge is -2.41. The average Bonchev–Trinajstić information content (AvgIpc) is 3.56. The van der Waals surface area contributed by atoms with E-state index in [1.807, 2.05) is 58.0 Å². The van der Waals surface area contributed by atoms with Crippen LogP contribution in [-0.2, 0) is 16.0 Å². The monoisotopic (exact) mass is 605 g/mol.